The van der Waals surface area contributed by atoms with Gasteiger partial charge in [-0.05, 0) is 6.92 Å². The van der Waals surface area contributed by atoms with Gasteiger partial charge in [-0.25, -0.2) is 9.78 Å². The Hall–Kier alpha value is -0.940. The number of rotatable bonds is 4. The maximum Gasteiger partial charge on any atom is 0.365 e. The second-order valence-corrected chi connectivity index (χ2v) is 3.19. The van der Waals surface area contributed by atoms with Crippen LogP contribution in [0.1, 0.15) is 21.6 Å². The largest absolute Gasteiger partial charge is 0.476 e. The third kappa shape index (κ3) is 2.28. The fourth-order valence-corrected chi connectivity index (χ4v) is 1.36. The molecule has 0 atom stereocenters. The Morgan fingerprint density at radius 3 is 3.08 bits per heavy atom. The molecule has 0 saturated heterocycles. The fraction of sp³-hybridized carbons (Fsp3) is 0.429. The van der Waals surface area contributed by atoms with Gasteiger partial charge in [0, 0.05) is 12.8 Å². The summed E-state index contributed by atoms with van der Waals surface area (Å²) in [6, 6.07) is 0. The van der Waals surface area contributed by atoms with Gasteiger partial charge in [-0.2, -0.15) is 0 Å². The standard InChI is InChI=1S/C7H9NO3S/c1-2-11-4-5-3-8-6(12-5)7(9)10/h3H,2,4H2,1H3,(H,9,10). The van der Waals surface area contributed by atoms with E-state index in [1.807, 2.05) is 6.92 Å². The predicted molar refractivity (Wildman–Crippen MR) is 44.4 cm³/mol. The van der Waals surface area contributed by atoms with Crippen molar-refractivity contribution in [3.8, 4) is 0 Å². The van der Waals surface area contributed by atoms with E-state index in [1.165, 1.54) is 6.20 Å². The number of ether oxygens (including phenoxy) is 1. The van der Waals surface area contributed by atoms with Crippen LogP contribution in [-0.4, -0.2) is 22.7 Å². The van der Waals surface area contributed by atoms with E-state index in [-0.39, 0.29) is 5.01 Å². The zero-order valence-corrected chi connectivity index (χ0v) is 7.43. The van der Waals surface area contributed by atoms with Crippen molar-refractivity contribution in [2.75, 3.05) is 6.61 Å². The Bertz CT molecular complexity index is 271. The van der Waals surface area contributed by atoms with Gasteiger partial charge in [0.2, 0.25) is 5.01 Å². The van der Waals surface area contributed by atoms with E-state index in [0.29, 0.717) is 13.2 Å². The van der Waals surface area contributed by atoms with Gasteiger partial charge in [-0.15, -0.1) is 11.3 Å². The Labute approximate surface area is 73.8 Å². The molecule has 0 bridgehead atoms. The number of carboxylic acid groups (broad SMARTS) is 1. The van der Waals surface area contributed by atoms with E-state index in [1.54, 1.807) is 0 Å². The minimum absolute atomic E-state index is 0.115. The summed E-state index contributed by atoms with van der Waals surface area (Å²) in [7, 11) is 0. The summed E-state index contributed by atoms with van der Waals surface area (Å²) in [5, 5.41) is 8.65. The van der Waals surface area contributed by atoms with Gasteiger partial charge in [0.05, 0.1) is 11.5 Å². The Kier molecular flexibility index (Phi) is 3.19. The molecule has 4 nitrogen and oxygen atoms in total. The molecule has 1 rings (SSSR count). The average Bonchev–Trinajstić information content (AvgIpc) is 2.48. The van der Waals surface area contributed by atoms with Crippen LogP contribution < -0.4 is 0 Å². The lowest BCUT2D eigenvalue weighted by atomic mass is 10.6. The second kappa shape index (κ2) is 4.18. The van der Waals surface area contributed by atoms with E-state index in [9.17, 15) is 4.79 Å². The first-order valence-electron chi connectivity index (χ1n) is 3.49. The topological polar surface area (TPSA) is 59.4 Å². The van der Waals surface area contributed by atoms with Crippen LogP contribution >= 0.6 is 11.3 Å². The molecule has 0 aromatic carbocycles. The molecule has 0 radical (unpaired) electrons. The van der Waals surface area contributed by atoms with Gasteiger partial charge >= 0.3 is 5.97 Å². The number of hydrogen-bond acceptors (Lipinski definition) is 4. The fourth-order valence-electron chi connectivity index (χ4n) is 0.676. The maximum absolute atomic E-state index is 10.4. The number of carboxylic acids is 1. The molecule has 1 aromatic rings. The molecule has 5 heteroatoms. The Balaban J connectivity index is 2.58. The molecule has 0 amide bonds. The highest BCUT2D eigenvalue weighted by Crippen LogP contribution is 2.13. The summed E-state index contributed by atoms with van der Waals surface area (Å²) in [5.74, 6) is -0.984. The van der Waals surface area contributed by atoms with Crippen molar-refractivity contribution in [1.29, 1.82) is 0 Å². The highest BCUT2D eigenvalue weighted by atomic mass is 32.1. The lowest BCUT2D eigenvalue weighted by Crippen LogP contribution is -1.92. The van der Waals surface area contributed by atoms with Crippen LogP contribution in [0.15, 0.2) is 6.20 Å². The number of carbonyl (C=O) groups is 1. The van der Waals surface area contributed by atoms with Crippen molar-refractivity contribution in [2.45, 2.75) is 13.5 Å². The van der Waals surface area contributed by atoms with Crippen LogP contribution in [0.2, 0.25) is 0 Å². The third-order valence-electron chi connectivity index (χ3n) is 1.18. The number of thiazole rings is 1. The molecule has 0 aliphatic rings. The monoisotopic (exact) mass is 187 g/mol. The van der Waals surface area contributed by atoms with Crippen molar-refractivity contribution in [3.63, 3.8) is 0 Å². The van der Waals surface area contributed by atoms with Crippen LogP contribution in [0.4, 0.5) is 0 Å². The van der Waals surface area contributed by atoms with Gasteiger partial charge in [-0.1, -0.05) is 0 Å². The predicted octanol–water partition coefficient (Wildman–Crippen LogP) is 1.38. The molecule has 0 fully saturated rings. The molecular weight excluding hydrogens is 178 g/mol. The zero-order valence-electron chi connectivity index (χ0n) is 6.61. The lowest BCUT2D eigenvalue weighted by Gasteiger charge is -1.93. The third-order valence-corrected chi connectivity index (χ3v) is 2.14. The molecule has 0 unspecified atom stereocenters. The number of hydrogen-bond donors (Lipinski definition) is 1. The zero-order chi connectivity index (χ0) is 8.97. The van der Waals surface area contributed by atoms with E-state index < -0.39 is 5.97 Å². The molecule has 1 aromatic heterocycles. The van der Waals surface area contributed by atoms with Crippen molar-refractivity contribution in [2.24, 2.45) is 0 Å². The van der Waals surface area contributed by atoms with Crippen molar-refractivity contribution in [1.82, 2.24) is 4.98 Å². The van der Waals surface area contributed by atoms with Crippen LogP contribution in [0, 0.1) is 0 Å². The van der Waals surface area contributed by atoms with Gasteiger partial charge in [-0.3, -0.25) is 0 Å². The quantitative estimate of drug-likeness (QED) is 0.773. The summed E-state index contributed by atoms with van der Waals surface area (Å²) in [6.45, 7) is 2.96. The summed E-state index contributed by atoms with van der Waals surface area (Å²) >= 11 is 1.15. The minimum atomic E-state index is -0.984. The van der Waals surface area contributed by atoms with Crippen LogP contribution in [0.25, 0.3) is 0 Å². The smallest absolute Gasteiger partial charge is 0.365 e. The second-order valence-electron chi connectivity index (χ2n) is 2.07. The van der Waals surface area contributed by atoms with Crippen LogP contribution in [0.3, 0.4) is 0 Å². The van der Waals surface area contributed by atoms with Crippen LogP contribution in [0.5, 0.6) is 0 Å². The highest BCUT2D eigenvalue weighted by molar-refractivity contribution is 7.13. The Morgan fingerprint density at radius 1 is 1.83 bits per heavy atom. The number of aromatic carboxylic acids is 1. The molecule has 12 heavy (non-hydrogen) atoms. The van der Waals surface area contributed by atoms with E-state index in [2.05, 4.69) is 4.98 Å². The normalized spacial score (nSPS) is 10.1. The number of aromatic nitrogens is 1. The van der Waals surface area contributed by atoms with E-state index >= 15 is 0 Å². The van der Waals surface area contributed by atoms with Gasteiger partial charge < -0.3 is 9.84 Å². The van der Waals surface area contributed by atoms with E-state index in [0.717, 1.165) is 16.2 Å². The van der Waals surface area contributed by atoms with Gasteiger partial charge in [0.25, 0.3) is 0 Å². The first-order valence-corrected chi connectivity index (χ1v) is 4.31. The first kappa shape index (κ1) is 9.15. The maximum atomic E-state index is 10.4. The van der Waals surface area contributed by atoms with Crippen LogP contribution in [-0.2, 0) is 11.3 Å². The molecule has 1 heterocycles. The van der Waals surface area contributed by atoms with Gasteiger partial charge in [0.1, 0.15) is 0 Å². The summed E-state index contributed by atoms with van der Waals surface area (Å²) in [5.41, 5.74) is 0. The molecule has 0 aliphatic carbocycles. The number of nitrogens with zero attached hydrogens (tertiary/aromatic N) is 1. The highest BCUT2D eigenvalue weighted by Gasteiger charge is 2.07. The summed E-state index contributed by atoms with van der Waals surface area (Å²) in [4.78, 5) is 14.9. The van der Waals surface area contributed by atoms with Gasteiger partial charge in [0.15, 0.2) is 0 Å². The van der Waals surface area contributed by atoms with E-state index in [4.69, 9.17) is 9.84 Å². The summed E-state index contributed by atoms with van der Waals surface area (Å²) < 4.78 is 5.09. The van der Waals surface area contributed by atoms with Crippen molar-refractivity contribution < 1.29 is 14.6 Å². The van der Waals surface area contributed by atoms with Crippen molar-refractivity contribution in [3.05, 3.63) is 16.1 Å². The Morgan fingerprint density at radius 2 is 2.58 bits per heavy atom. The minimum Gasteiger partial charge on any atom is -0.476 e. The summed E-state index contributed by atoms with van der Waals surface area (Å²) in [6.07, 6.45) is 1.53. The van der Waals surface area contributed by atoms with Crippen molar-refractivity contribution >= 4 is 17.3 Å². The molecule has 1 N–H and O–H groups in total. The first-order chi connectivity index (χ1) is 5.74. The lowest BCUT2D eigenvalue weighted by molar-refractivity contribution is 0.0696. The SMILES string of the molecule is CCOCc1cnc(C(=O)O)s1. The average molecular weight is 187 g/mol. The molecule has 0 saturated carbocycles. The molecule has 0 spiro atoms. The molecule has 66 valence electrons. The molecular formula is C7H9NO3S. The molecule has 0 aliphatic heterocycles.